The van der Waals surface area contributed by atoms with Gasteiger partial charge in [0.05, 0.1) is 6.61 Å². The molecule has 0 aliphatic heterocycles. The Balaban J connectivity index is 2.73. The third kappa shape index (κ3) is 5.05. The summed E-state index contributed by atoms with van der Waals surface area (Å²) in [6.07, 6.45) is 1.92. The Morgan fingerprint density at radius 1 is 1.37 bits per heavy atom. The summed E-state index contributed by atoms with van der Waals surface area (Å²) in [5.74, 6) is 0. The number of hydrogen-bond acceptors (Lipinski definition) is 3. The molecular weight excluding hydrogens is 236 g/mol. The number of nitrogens with one attached hydrogen (secondary N) is 1. The van der Waals surface area contributed by atoms with Gasteiger partial charge in [0, 0.05) is 31.9 Å². The number of hydrogen-bond donors (Lipinski definition) is 1. The molecule has 1 aromatic carbocycles. The van der Waals surface area contributed by atoms with Gasteiger partial charge >= 0.3 is 0 Å². The SMILES string of the molecule is C=CCN(CCOC)c1ccc(C(C)NCC)cc1. The lowest BCUT2D eigenvalue weighted by atomic mass is 10.1. The highest BCUT2D eigenvalue weighted by Crippen LogP contribution is 2.19. The third-order valence-corrected chi connectivity index (χ3v) is 3.18. The summed E-state index contributed by atoms with van der Waals surface area (Å²) in [6.45, 7) is 11.6. The fraction of sp³-hybridized carbons (Fsp3) is 0.500. The zero-order valence-corrected chi connectivity index (χ0v) is 12.4. The summed E-state index contributed by atoms with van der Waals surface area (Å²) in [7, 11) is 1.73. The van der Waals surface area contributed by atoms with Crippen LogP contribution in [0.2, 0.25) is 0 Å². The van der Waals surface area contributed by atoms with Crippen molar-refractivity contribution in [1.82, 2.24) is 5.32 Å². The van der Waals surface area contributed by atoms with E-state index in [-0.39, 0.29) is 0 Å². The molecule has 3 nitrogen and oxygen atoms in total. The summed E-state index contributed by atoms with van der Waals surface area (Å²) in [6, 6.07) is 9.10. The van der Waals surface area contributed by atoms with Crippen LogP contribution in [0.3, 0.4) is 0 Å². The zero-order chi connectivity index (χ0) is 14.1. The molecule has 106 valence electrons. The van der Waals surface area contributed by atoms with Gasteiger partial charge in [-0.2, -0.15) is 0 Å². The van der Waals surface area contributed by atoms with Crippen LogP contribution in [0.4, 0.5) is 5.69 Å². The van der Waals surface area contributed by atoms with Crippen LogP contribution in [0.1, 0.15) is 25.5 Å². The van der Waals surface area contributed by atoms with Gasteiger partial charge < -0.3 is 15.0 Å². The van der Waals surface area contributed by atoms with Crippen molar-refractivity contribution >= 4 is 5.69 Å². The Morgan fingerprint density at radius 3 is 2.58 bits per heavy atom. The predicted octanol–water partition coefficient (Wildman–Crippen LogP) is 3.00. The minimum atomic E-state index is 0.394. The molecule has 0 spiro atoms. The minimum absolute atomic E-state index is 0.394. The first-order valence-electron chi connectivity index (χ1n) is 6.91. The zero-order valence-electron chi connectivity index (χ0n) is 12.4. The molecule has 0 saturated heterocycles. The van der Waals surface area contributed by atoms with Gasteiger partial charge in [-0.1, -0.05) is 25.1 Å². The molecule has 1 atom stereocenters. The van der Waals surface area contributed by atoms with Crippen molar-refractivity contribution in [2.75, 3.05) is 38.3 Å². The van der Waals surface area contributed by atoms with Gasteiger partial charge in [-0.05, 0) is 31.2 Å². The van der Waals surface area contributed by atoms with Crippen molar-refractivity contribution < 1.29 is 4.74 Å². The van der Waals surface area contributed by atoms with E-state index in [2.05, 4.69) is 54.9 Å². The fourth-order valence-electron chi connectivity index (χ4n) is 2.08. The average molecular weight is 262 g/mol. The van der Waals surface area contributed by atoms with Crippen LogP contribution in [-0.2, 0) is 4.74 Å². The quantitative estimate of drug-likeness (QED) is 0.692. The molecule has 19 heavy (non-hydrogen) atoms. The van der Waals surface area contributed by atoms with E-state index >= 15 is 0 Å². The fourth-order valence-corrected chi connectivity index (χ4v) is 2.08. The molecule has 1 unspecified atom stereocenters. The molecule has 0 saturated carbocycles. The van der Waals surface area contributed by atoms with Crippen LogP contribution >= 0.6 is 0 Å². The summed E-state index contributed by atoms with van der Waals surface area (Å²) < 4.78 is 5.15. The molecule has 0 aliphatic rings. The molecule has 0 radical (unpaired) electrons. The van der Waals surface area contributed by atoms with Crippen molar-refractivity contribution in [2.24, 2.45) is 0 Å². The predicted molar refractivity (Wildman–Crippen MR) is 82.8 cm³/mol. The number of nitrogens with zero attached hydrogens (tertiary/aromatic N) is 1. The second-order valence-corrected chi connectivity index (χ2v) is 4.60. The van der Waals surface area contributed by atoms with Crippen LogP contribution in [0, 0.1) is 0 Å². The highest BCUT2D eigenvalue weighted by atomic mass is 16.5. The van der Waals surface area contributed by atoms with Crippen LogP contribution < -0.4 is 10.2 Å². The van der Waals surface area contributed by atoms with Crippen molar-refractivity contribution in [2.45, 2.75) is 19.9 Å². The number of benzene rings is 1. The molecular formula is C16H26N2O. The molecule has 0 aliphatic carbocycles. The van der Waals surface area contributed by atoms with Gasteiger partial charge in [0.25, 0.3) is 0 Å². The second-order valence-electron chi connectivity index (χ2n) is 4.60. The molecule has 1 aromatic rings. The number of rotatable bonds is 9. The maximum atomic E-state index is 5.15. The van der Waals surface area contributed by atoms with E-state index < -0.39 is 0 Å². The molecule has 1 N–H and O–H groups in total. The molecule has 1 rings (SSSR count). The van der Waals surface area contributed by atoms with Crippen LogP contribution in [0.15, 0.2) is 36.9 Å². The van der Waals surface area contributed by atoms with Crippen LogP contribution in [0.25, 0.3) is 0 Å². The van der Waals surface area contributed by atoms with Crippen molar-refractivity contribution in [3.63, 3.8) is 0 Å². The normalized spacial score (nSPS) is 12.2. The van der Waals surface area contributed by atoms with Gasteiger partial charge in [0.2, 0.25) is 0 Å². The van der Waals surface area contributed by atoms with Crippen molar-refractivity contribution in [3.05, 3.63) is 42.5 Å². The van der Waals surface area contributed by atoms with E-state index in [0.717, 1.165) is 26.2 Å². The van der Waals surface area contributed by atoms with E-state index in [0.29, 0.717) is 6.04 Å². The first-order chi connectivity index (χ1) is 9.22. The highest BCUT2D eigenvalue weighted by molar-refractivity contribution is 5.48. The monoisotopic (exact) mass is 262 g/mol. The molecule has 3 heteroatoms. The first-order valence-corrected chi connectivity index (χ1v) is 6.91. The average Bonchev–Trinajstić information content (AvgIpc) is 2.44. The van der Waals surface area contributed by atoms with E-state index in [1.807, 2.05) is 6.08 Å². The lowest BCUT2D eigenvalue weighted by molar-refractivity contribution is 0.206. The summed E-state index contributed by atoms with van der Waals surface area (Å²) >= 11 is 0. The maximum Gasteiger partial charge on any atom is 0.0637 e. The standard InChI is InChI=1S/C16H26N2O/c1-5-11-18(12-13-19-4)16-9-7-15(8-10-16)14(3)17-6-2/h5,7-10,14,17H,1,6,11-13H2,2-4H3. The number of anilines is 1. The van der Waals surface area contributed by atoms with E-state index in [4.69, 9.17) is 4.74 Å². The first kappa shape index (κ1) is 15.7. The lowest BCUT2D eigenvalue weighted by Crippen LogP contribution is -2.27. The Bertz CT molecular complexity index is 362. The smallest absolute Gasteiger partial charge is 0.0637 e. The highest BCUT2D eigenvalue weighted by Gasteiger charge is 2.07. The van der Waals surface area contributed by atoms with E-state index in [9.17, 15) is 0 Å². The van der Waals surface area contributed by atoms with Gasteiger partial charge in [0.15, 0.2) is 0 Å². The Kier molecular flexibility index (Phi) is 7.23. The Morgan fingerprint density at radius 2 is 2.05 bits per heavy atom. The molecule has 0 heterocycles. The molecule has 0 bridgehead atoms. The Labute approximate surface area is 117 Å². The molecule has 0 fully saturated rings. The maximum absolute atomic E-state index is 5.15. The third-order valence-electron chi connectivity index (χ3n) is 3.18. The van der Waals surface area contributed by atoms with Gasteiger partial charge in [-0.15, -0.1) is 6.58 Å². The number of ether oxygens (including phenoxy) is 1. The largest absolute Gasteiger partial charge is 0.383 e. The van der Waals surface area contributed by atoms with Gasteiger partial charge in [0.1, 0.15) is 0 Å². The summed E-state index contributed by atoms with van der Waals surface area (Å²) in [5, 5.41) is 3.42. The topological polar surface area (TPSA) is 24.5 Å². The van der Waals surface area contributed by atoms with Crippen LogP contribution in [-0.4, -0.2) is 33.4 Å². The van der Waals surface area contributed by atoms with E-state index in [1.165, 1.54) is 11.3 Å². The number of methoxy groups -OCH3 is 1. The van der Waals surface area contributed by atoms with Gasteiger partial charge in [-0.3, -0.25) is 0 Å². The Hall–Kier alpha value is -1.32. The second kappa shape index (κ2) is 8.73. The summed E-state index contributed by atoms with van der Waals surface area (Å²) in [4.78, 5) is 2.26. The minimum Gasteiger partial charge on any atom is -0.383 e. The van der Waals surface area contributed by atoms with Crippen molar-refractivity contribution in [3.8, 4) is 0 Å². The van der Waals surface area contributed by atoms with Gasteiger partial charge in [-0.25, -0.2) is 0 Å². The summed E-state index contributed by atoms with van der Waals surface area (Å²) in [5.41, 5.74) is 2.53. The van der Waals surface area contributed by atoms with Crippen LogP contribution in [0.5, 0.6) is 0 Å². The van der Waals surface area contributed by atoms with Crippen molar-refractivity contribution in [1.29, 1.82) is 0 Å². The molecule has 0 aromatic heterocycles. The molecule has 0 amide bonds. The van der Waals surface area contributed by atoms with E-state index in [1.54, 1.807) is 7.11 Å². The lowest BCUT2D eigenvalue weighted by Gasteiger charge is -2.23.